The third-order valence-electron chi connectivity index (χ3n) is 8.30. The molecule has 0 radical (unpaired) electrons. The van der Waals surface area contributed by atoms with E-state index in [1.807, 2.05) is 91.2 Å². The van der Waals surface area contributed by atoms with E-state index in [1.54, 1.807) is 6.92 Å². The minimum Gasteiger partial charge on any atom is -0.435 e. The van der Waals surface area contributed by atoms with Crippen LogP contribution in [0.25, 0.3) is 22.1 Å². The second-order valence-electron chi connectivity index (χ2n) is 10.4. The summed E-state index contributed by atoms with van der Waals surface area (Å²) in [5, 5.41) is 1.78. The molecule has 0 unspecified atom stereocenters. The van der Waals surface area contributed by atoms with Gasteiger partial charge in [-0.15, -0.1) is 0 Å². The van der Waals surface area contributed by atoms with E-state index in [2.05, 4.69) is 22.8 Å². The number of benzene rings is 3. The fourth-order valence-corrected chi connectivity index (χ4v) is 6.49. The number of nitrogens with zero attached hydrogens (tertiary/aromatic N) is 5. The zero-order valence-electron chi connectivity index (χ0n) is 27.9. The van der Waals surface area contributed by atoms with Crippen LogP contribution < -0.4 is 19.6 Å². The van der Waals surface area contributed by atoms with E-state index in [0.717, 1.165) is 56.2 Å². The van der Waals surface area contributed by atoms with E-state index in [-0.39, 0.29) is 18.9 Å². The zero-order chi connectivity index (χ0) is 31.3. The Kier molecular flexibility index (Phi) is 4.21. The molecule has 39 heavy (non-hydrogen) atoms. The maximum Gasteiger partial charge on any atom is 0.227 e. The van der Waals surface area contributed by atoms with Crippen LogP contribution in [-0.2, 0) is 0 Å². The molecule has 198 valence electrons. The van der Waals surface area contributed by atoms with Crippen LogP contribution in [0.2, 0.25) is 0 Å². The van der Waals surface area contributed by atoms with Crippen molar-refractivity contribution in [2.24, 2.45) is 0 Å². The fourth-order valence-electron chi connectivity index (χ4n) is 6.49. The van der Waals surface area contributed by atoms with Gasteiger partial charge < -0.3 is 24.0 Å². The van der Waals surface area contributed by atoms with Gasteiger partial charge in [-0.1, -0.05) is 24.3 Å². The molecule has 2 aromatic heterocycles. The van der Waals surface area contributed by atoms with Crippen LogP contribution in [0.15, 0.2) is 71.1 Å². The molecule has 3 aromatic carbocycles. The minimum absolute atomic E-state index is 0.0957. The Balaban J connectivity index is 1.53. The molecule has 0 spiro atoms. The lowest BCUT2D eigenvalue weighted by Crippen LogP contribution is -2.40. The second kappa shape index (κ2) is 8.67. The Hall–Kier alpha value is -4.19. The van der Waals surface area contributed by atoms with Gasteiger partial charge in [0.2, 0.25) is 5.71 Å². The summed E-state index contributed by atoms with van der Waals surface area (Å²) in [6, 6.07) is 22.0. The van der Waals surface area contributed by atoms with Crippen molar-refractivity contribution in [2.45, 2.75) is 53.8 Å². The van der Waals surface area contributed by atoms with Crippen LogP contribution in [-0.4, -0.2) is 30.4 Å². The molecule has 6 nitrogen and oxygen atoms in total. The second-order valence-corrected chi connectivity index (χ2v) is 10.4. The summed E-state index contributed by atoms with van der Waals surface area (Å²) in [6.45, 7) is 5.79. The number of pyridine rings is 1. The average Bonchev–Trinajstić information content (AvgIpc) is 3.54. The van der Waals surface area contributed by atoms with Gasteiger partial charge in [-0.05, 0) is 83.9 Å². The average molecular weight is 523 g/mol. The fraction of sp³-hybridized carbons (Fsp3) is 0.303. The van der Waals surface area contributed by atoms with Crippen LogP contribution in [0.1, 0.15) is 45.7 Å². The summed E-state index contributed by atoms with van der Waals surface area (Å²) in [4.78, 5) is 12.8. The lowest BCUT2D eigenvalue weighted by molar-refractivity contribution is 0.643. The van der Waals surface area contributed by atoms with Gasteiger partial charge in [-0.3, -0.25) is 0 Å². The van der Waals surface area contributed by atoms with Crippen molar-refractivity contribution >= 4 is 56.2 Å². The quantitative estimate of drug-likeness (QED) is 0.237. The predicted molar refractivity (Wildman–Crippen MR) is 163 cm³/mol. The van der Waals surface area contributed by atoms with Crippen LogP contribution >= 0.6 is 0 Å². The summed E-state index contributed by atoms with van der Waals surface area (Å²) >= 11 is 0. The Morgan fingerprint density at radius 2 is 1.46 bits per heavy atom. The number of hydrogen-bond donors (Lipinski definition) is 0. The van der Waals surface area contributed by atoms with Gasteiger partial charge in [0, 0.05) is 47.6 Å². The van der Waals surface area contributed by atoms with Gasteiger partial charge in [-0.25, -0.2) is 4.98 Å². The summed E-state index contributed by atoms with van der Waals surface area (Å²) in [6.07, 6.45) is -0.650. The summed E-state index contributed by atoms with van der Waals surface area (Å²) < 4.78 is 48.2. The smallest absolute Gasteiger partial charge is 0.227 e. The molecule has 0 fully saturated rings. The topological polar surface area (TPSA) is 39.0 Å². The van der Waals surface area contributed by atoms with E-state index in [4.69, 9.17) is 16.3 Å². The monoisotopic (exact) mass is 522 g/mol. The first-order chi connectivity index (χ1) is 20.8. The molecule has 6 heteroatoms. The molecule has 0 saturated carbocycles. The first-order valence-corrected chi connectivity index (χ1v) is 13.4. The SMILES string of the molecule is [2H]C([2H])([2H])CN1c2ccccc2N(c2c(C)c(N3c4ccccc4N(C([2H])([2H])C)[C@H]3C)cc3c2oc2nc(C)ccc23)[C@H]1C. The van der Waals surface area contributed by atoms with Gasteiger partial charge in [0.15, 0.2) is 5.58 Å². The summed E-state index contributed by atoms with van der Waals surface area (Å²) in [5.74, 6) is 0. The largest absolute Gasteiger partial charge is 0.435 e. The Bertz CT molecular complexity index is 1930. The number of para-hydroxylation sites is 4. The van der Waals surface area contributed by atoms with Crippen LogP contribution in [0.3, 0.4) is 0 Å². The van der Waals surface area contributed by atoms with E-state index < -0.39 is 13.3 Å². The molecule has 0 amide bonds. The Morgan fingerprint density at radius 1 is 0.821 bits per heavy atom. The van der Waals surface area contributed by atoms with Crippen molar-refractivity contribution in [3.63, 3.8) is 0 Å². The lowest BCUT2D eigenvalue weighted by Gasteiger charge is -2.34. The molecule has 5 aromatic rings. The highest BCUT2D eigenvalue weighted by atomic mass is 16.3. The number of furan rings is 1. The van der Waals surface area contributed by atoms with Crippen LogP contribution in [0.5, 0.6) is 0 Å². The number of aromatic nitrogens is 1. The van der Waals surface area contributed by atoms with Gasteiger partial charge in [0.1, 0.15) is 12.3 Å². The molecule has 7 rings (SSSR count). The maximum atomic E-state index is 8.69. The number of aryl methyl sites for hydroxylation is 1. The highest BCUT2D eigenvalue weighted by Crippen LogP contribution is 2.53. The van der Waals surface area contributed by atoms with Crippen molar-refractivity contribution in [3.8, 4) is 0 Å². The zero-order valence-corrected chi connectivity index (χ0v) is 22.9. The van der Waals surface area contributed by atoms with Crippen LogP contribution in [0.4, 0.5) is 34.1 Å². The molecule has 0 aliphatic carbocycles. The Labute approximate surface area is 237 Å². The first-order valence-electron chi connectivity index (χ1n) is 15.9. The van der Waals surface area contributed by atoms with Crippen molar-refractivity contribution in [2.75, 3.05) is 32.6 Å². The number of rotatable bonds is 4. The molecule has 2 atom stereocenters. The highest BCUT2D eigenvalue weighted by molar-refractivity contribution is 6.12. The third kappa shape index (κ3) is 3.24. The minimum atomic E-state index is -2.15. The van der Waals surface area contributed by atoms with Crippen molar-refractivity contribution in [1.82, 2.24) is 4.98 Å². The van der Waals surface area contributed by atoms with Gasteiger partial charge in [0.05, 0.1) is 28.4 Å². The predicted octanol–water partition coefficient (Wildman–Crippen LogP) is 8.25. The van der Waals surface area contributed by atoms with Crippen LogP contribution in [0, 0.1) is 13.8 Å². The van der Waals surface area contributed by atoms with Crippen molar-refractivity contribution in [1.29, 1.82) is 0 Å². The van der Waals surface area contributed by atoms with E-state index in [1.165, 1.54) is 0 Å². The van der Waals surface area contributed by atoms with E-state index >= 15 is 0 Å². The molecule has 2 aliphatic heterocycles. The van der Waals surface area contributed by atoms with Crippen molar-refractivity contribution in [3.05, 3.63) is 78.0 Å². The van der Waals surface area contributed by atoms with E-state index in [9.17, 15) is 0 Å². The Morgan fingerprint density at radius 3 is 2.15 bits per heavy atom. The van der Waals surface area contributed by atoms with Gasteiger partial charge in [0.25, 0.3) is 0 Å². The van der Waals surface area contributed by atoms with Gasteiger partial charge in [-0.2, -0.15) is 0 Å². The first kappa shape index (κ1) is 19.0. The number of fused-ring (bicyclic) bond motifs is 5. The molecule has 0 bridgehead atoms. The molecule has 2 aliphatic rings. The van der Waals surface area contributed by atoms with Gasteiger partial charge >= 0.3 is 0 Å². The number of hydrogen-bond acceptors (Lipinski definition) is 6. The molecule has 0 saturated heterocycles. The molecular weight excluding hydrogens is 482 g/mol. The maximum absolute atomic E-state index is 8.69. The third-order valence-corrected chi connectivity index (χ3v) is 8.30. The van der Waals surface area contributed by atoms with Crippen molar-refractivity contribution < 1.29 is 11.3 Å². The summed E-state index contributed by atoms with van der Waals surface area (Å²) in [5.41, 5.74) is 8.25. The van der Waals surface area contributed by atoms with E-state index in [0.29, 0.717) is 11.3 Å². The molecule has 4 heterocycles. The normalized spacial score (nSPS) is 21.1. The summed E-state index contributed by atoms with van der Waals surface area (Å²) in [7, 11) is 0. The number of anilines is 6. The lowest BCUT2D eigenvalue weighted by atomic mass is 10.0. The standard InChI is InChI=1S/C33H35N5O/c1-7-35-22(5)37(28-15-11-9-13-26(28)35)30-19-25-24-18-17-20(3)34-33(24)39-32(25)31(21(30)4)38-23(6)36(8-2)27-14-10-12-16-29(27)38/h9-19,22-23H,7-8H2,1-6H3/t22-,23+/m1/s1/i2D3,7D2. The molecule has 0 N–H and O–H groups in total. The molecular formula is C33H35N5O. The highest BCUT2D eigenvalue weighted by Gasteiger charge is 2.39.